The Labute approximate surface area is 133 Å². The largest absolute Gasteiger partial charge is 0.468 e. The molecule has 1 aromatic rings. The Hall–Kier alpha value is -1.06. The molecule has 0 saturated carbocycles. The van der Waals surface area contributed by atoms with Crippen LogP contribution in [0.2, 0.25) is 5.02 Å². The van der Waals surface area contributed by atoms with Crippen LogP contribution in [-0.2, 0) is 14.9 Å². The van der Waals surface area contributed by atoms with Gasteiger partial charge in [-0.15, -0.1) is 0 Å². The van der Waals surface area contributed by atoms with Crippen molar-refractivity contribution in [3.63, 3.8) is 0 Å². The zero-order chi connectivity index (χ0) is 15.7. The summed E-state index contributed by atoms with van der Waals surface area (Å²) in [6, 6.07) is 8.09. The van der Waals surface area contributed by atoms with E-state index in [-0.39, 0.29) is 17.9 Å². The van der Waals surface area contributed by atoms with E-state index in [1.54, 1.807) is 0 Å². The van der Waals surface area contributed by atoms with Crippen molar-refractivity contribution < 1.29 is 9.53 Å². The molecule has 21 heavy (non-hydrogen) atoms. The highest BCUT2D eigenvalue weighted by atomic mass is 35.5. The number of hydrogen-bond donors (Lipinski definition) is 1. The number of carbonyl (C=O) groups excluding carboxylic acids is 1. The molecule has 0 saturated heterocycles. The van der Waals surface area contributed by atoms with Gasteiger partial charge < -0.3 is 10.1 Å². The van der Waals surface area contributed by atoms with Crippen LogP contribution in [0.3, 0.4) is 0 Å². The number of halogens is 1. The van der Waals surface area contributed by atoms with Crippen molar-refractivity contribution in [2.24, 2.45) is 0 Å². The van der Waals surface area contributed by atoms with Crippen LogP contribution in [0.1, 0.15) is 45.1 Å². The minimum absolute atomic E-state index is 0.0438. The van der Waals surface area contributed by atoms with Crippen LogP contribution in [-0.4, -0.2) is 26.2 Å². The molecule has 0 aromatic heterocycles. The Morgan fingerprint density at radius 3 is 2.24 bits per heavy atom. The summed E-state index contributed by atoms with van der Waals surface area (Å²) in [6.45, 7) is 5.41. The van der Waals surface area contributed by atoms with Crippen molar-refractivity contribution in [3.05, 3.63) is 34.9 Å². The molecule has 0 spiro atoms. The predicted octanol–water partition coefficient (Wildman–Crippen LogP) is 3.94. The van der Waals surface area contributed by atoms with Gasteiger partial charge in [0.1, 0.15) is 0 Å². The molecule has 0 heterocycles. The second-order valence-electron chi connectivity index (χ2n) is 5.47. The molecule has 0 bridgehead atoms. The third-order valence-electron chi connectivity index (χ3n) is 3.87. The van der Waals surface area contributed by atoms with E-state index >= 15 is 0 Å². The number of esters is 1. The quantitative estimate of drug-likeness (QED) is 0.702. The second-order valence-corrected chi connectivity index (χ2v) is 5.90. The topological polar surface area (TPSA) is 38.3 Å². The summed E-state index contributed by atoms with van der Waals surface area (Å²) in [5.74, 6) is -0.229. The summed E-state index contributed by atoms with van der Waals surface area (Å²) >= 11 is 6.00. The fourth-order valence-electron chi connectivity index (χ4n) is 2.93. The summed E-state index contributed by atoms with van der Waals surface area (Å²) in [5.41, 5.74) is 1.33. The molecule has 0 aliphatic heterocycles. The van der Waals surface area contributed by atoms with Crippen molar-refractivity contribution in [1.82, 2.24) is 5.32 Å². The highest BCUT2D eigenvalue weighted by Crippen LogP contribution is 2.34. The standard InChI is InChI=1S/C17H26ClNO2/c1-4-10-17(11-5-2,13-19-12-16(20)21-3)14-6-8-15(18)9-7-14/h6-9,19H,4-5,10-13H2,1-3H3. The Morgan fingerprint density at radius 2 is 1.76 bits per heavy atom. The average Bonchev–Trinajstić information content (AvgIpc) is 2.48. The number of benzene rings is 1. The first kappa shape index (κ1) is 18.0. The van der Waals surface area contributed by atoms with E-state index in [1.807, 2.05) is 12.1 Å². The summed E-state index contributed by atoms with van der Waals surface area (Å²) < 4.78 is 4.69. The van der Waals surface area contributed by atoms with Crippen LogP contribution < -0.4 is 5.32 Å². The Kier molecular flexibility index (Phi) is 7.76. The van der Waals surface area contributed by atoms with Crippen molar-refractivity contribution >= 4 is 17.6 Å². The Balaban J connectivity index is 2.91. The van der Waals surface area contributed by atoms with E-state index in [0.717, 1.165) is 37.3 Å². The molecule has 118 valence electrons. The Bertz CT molecular complexity index is 425. The first-order valence-electron chi connectivity index (χ1n) is 7.61. The summed E-state index contributed by atoms with van der Waals surface area (Å²) in [6.07, 6.45) is 4.36. The molecule has 4 heteroatoms. The highest BCUT2D eigenvalue weighted by molar-refractivity contribution is 6.30. The van der Waals surface area contributed by atoms with Crippen LogP contribution in [0.5, 0.6) is 0 Å². The Morgan fingerprint density at radius 1 is 1.19 bits per heavy atom. The van der Waals surface area contributed by atoms with Crippen molar-refractivity contribution in [3.8, 4) is 0 Å². The molecule has 1 rings (SSSR count). The third kappa shape index (κ3) is 5.33. The van der Waals surface area contributed by atoms with Gasteiger partial charge in [0.25, 0.3) is 0 Å². The van der Waals surface area contributed by atoms with Gasteiger partial charge in [-0.1, -0.05) is 50.4 Å². The fourth-order valence-corrected chi connectivity index (χ4v) is 3.06. The second kappa shape index (κ2) is 9.06. The molecule has 0 aliphatic rings. The van der Waals surface area contributed by atoms with Gasteiger partial charge in [0, 0.05) is 17.0 Å². The number of hydrogen-bond acceptors (Lipinski definition) is 3. The monoisotopic (exact) mass is 311 g/mol. The normalized spacial score (nSPS) is 11.4. The van der Waals surface area contributed by atoms with Crippen LogP contribution in [0, 0.1) is 0 Å². The van der Waals surface area contributed by atoms with Gasteiger partial charge in [0.05, 0.1) is 13.7 Å². The van der Waals surface area contributed by atoms with Gasteiger partial charge >= 0.3 is 5.97 Å². The van der Waals surface area contributed by atoms with E-state index < -0.39 is 0 Å². The number of ether oxygens (including phenoxy) is 1. The van der Waals surface area contributed by atoms with E-state index in [2.05, 4.69) is 36.0 Å². The number of carbonyl (C=O) groups is 1. The van der Waals surface area contributed by atoms with Crippen LogP contribution >= 0.6 is 11.6 Å². The molecule has 0 atom stereocenters. The lowest BCUT2D eigenvalue weighted by atomic mass is 9.73. The van der Waals surface area contributed by atoms with Gasteiger partial charge in [0.2, 0.25) is 0 Å². The lowest BCUT2D eigenvalue weighted by Crippen LogP contribution is -2.40. The lowest BCUT2D eigenvalue weighted by molar-refractivity contribution is -0.139. The smallest absolute Gasteiger partial charge is 0.319 e. The van der Waals surface area contributed by atoms with Crippen molar-refractivity contribution in [1.29, 1.82) is 0 Å². The molecule has 1 N–H and O–H groups in total. The van der Waals surface area contributed by atoms with Crippen LogP contribution in [0.4, 0.5) is 0 Å². The molecule has 0 aliphatic carbocycles. The van der Waals surface area contributed by atoms with Crippen LogP contribution in [0.25, 0.3) is 0 Å². The van der Waals surface area contributed by atoms with Gasteiger partial charge in [0.15, 0.2) is 0 Å². The SMILES string of the molecule is CCCC(CCC)(CNCC(=O)OC)c1ccc(Cl)cc1. The summed E-state index contributed by atoms with van der Waals surface area (Å²) in [7, 11) is 1.41. The predicted molar refractivity (Wildman–Crippen MR) is 87.8 cm³/mol. The zero-order valence-electron chi connectivity index (χ0n) is 13.2. The van der Waals surface area contributed by atoms with Crippen molar-refractivity contribution in [2.75, 3.05) is 20.2 Å². The molecule has 0 unspecified atom stereocenters. The van der Waals surface area contributed by atoms with Crippen LogP contribution in [0.15, 0.2) is 24.3 Å². The summed E-state index contributed by atoms with van der Waals surface area (Å²) in [5, 5.41) is 4.01. The van der Waals surface area contributed by atoms with Crippen molar-refractivity contribution in [2.45, 2.75) is 44.9 Å². The fraction of sp³-hybridized carbons (Fsp3) is 0.588. The van der Waals surface area contributed by atoms with Gasteiger partial charge in [-0.3, -0.25) is 4.79 Å². The minimum Gasteiger partial charge on any atom is -0.468 e. The molecular formula is C17H26ClNO2. The van der Waals surface area contributed by atoms with E-state index in [0.29, 0.717) is 0 Å². The van der Waals surface area contributed by atoms with Gasteiger partial charge in [-0.2, -0.15) is 0 Å². The lowest BCUT2D eigenvalue weighted by Gasteiger charge is -2.34. The highest BCUT2D eigenvalue weighted by Gasteiger charge is 2.30. The summed E-state index contributed by atoms with van der Waals surface area (Å²) in [4.78, 5) is 11.3. The molecule has 0 amide bonds. The average molecular weight is 312 g/mol. The molecule has 0 fully saturated rings. The number of rotatable bonds is 9. The number of methoxy groups -OCH3 is 1. The zero-order valence-corrected chi connectivity index (χ0v) is 14.0. The minimum atomic E-state index is -0.229. The molecular weight excluding hydrogens is 286 g/mol. The maximum atomic E-state index is 11.3. The van der Waals surface area contributed by atoms with Gasteiger partial charge in [-0.05, 0) is 30.5 Å². The first-order valence-corrected chi connectivity index (χ1v) is 7.99. The molecule has 3 nitrogen and oxygen atoms in total. The molecule has 0 radical (unpaired) electrons. The van der Waals surface area contributed by atoms with E-state index in [1.165, 1.54) is 12.7 Å². The first-order chi connectivity index (χ1) is 10.1. The molecule has 1 aromatic carbocycles. The maximum absolute atomic E-state index is 11.3. The maximum Gasteiger partial charge on any atom is 0.319 e. The number of nitrogens with one attached hydrogen (secondary N) is 1. The van der Waals surface area contributed by atoms with E-state index in [9.17, 15) is 4.79 Å². The van der Waals surface area contributed by atoms with E-state index in [4.69, 9.17) is 11.6 Å². The third-order valence-corrected chi connectivity index (χ3v) is 4.13. The van der Waals surface area contributed by atoms with Gasteiger partial charge in [-0.25, -0.2) is 0 Å².